The molecule has 0 atom stereocenters. The minimum atomic E-state index is 0.516. The molecule has 0 bridgehead atoms. The molecule has 1 rings (SSSR count). The van der Waals surface area contributed by atoms with Crippen molar-refractivity contribution in [1.82, 2.24) is 15.2 Å². The molecule has 0 aliphatic heterocycles. The van der Waals surface area contributed by atoms with Crippen molar-refractivity contribution in [2.24, 2.45) is 0 Å². The van der Waals surface area contributed by atoms with Crippen molar-refractivity contribution in [2.75, 3.05) is 19.6 Å². The Bertz CT molecular complexity index is 308. The van der Waals surface area contributed by atoms with Crippen molar-refractivity contribution in [1.29, 1.82) is 0 Å². The fourth-order valence-corrected chi connectivity index (χ4v) is 1.50. The van der Waals surface area contributed by atoms with Crippen LogP contribution in [0.25, 0.3) is 0 Å². The van der Waals surface area contributed by atoms with Crippen molar-refractivity contribution in [3.63, 3.8) is 0 Å². The monoisotopic (exact) mass is 285 g/mol. The van der Waals surface area contributed by atoms with Gasteiger partial charge in [-0.1, -0.05) is 33.0 Å². The third-order valence-electron chi connectivity index (χ3n) is 2.53. The van der Waals surface area contributed by atoms with Gasteiger partial charge in [-0.05, 0) is 37.3 Å². The lowest BCUT2D eigenvalue weighted by molar-refractivity contribution is 0.321. The van der Waals surface area contributed by atoms with Crippen LogP contribution in [-0.4, -0.2) is 33.8 Å². The number of nitrogens with zero attached hydrogens (tertiary/aromatic N) is 2. The van der Waals surface area contributed by atoms with E-state index in [2.05, 4.69) is 48.6 Å². The number of pyridine rings is 1. The summed E-state index contributed by atoms with van der Waals surface area (Å²) in [5.41, 5.74) is 1.15. The first kappa shape index (κ1) is 17.4. The number of hydrogen-bond acceptors (Lipinski definition) is 3. The van der Waals surface area contributed by atoms with E-state index in [0.29, 0.717) is 10.9 Å². The first-order valence-electron chi connectivity index (χ1n) is 6.22. The van der Waals surface area contributed by atoms with Gasteiger partial charge in [-0.2, -0.15) is 0 Å². The van der Waals surface area contributed by atoms with Crippen molar-refractivity contribution < 1.29 is 0 Å². The summed E-state index contributed by atoms with van der Waals surface area (Å²) in [5, 5.41) is 2.93. The molecule has 1 aromatic rings. The van der Waals surface area contributed by atoms with E-state index < -0.39 is 0 Å². The lowest BCUT2D eigenvalue weighted by Crippen LogP contribution is -2.21. The predicted octanol–water partition coefficient (Wildman–Crippen LogP) is 2.73. The normalized spacial score (nSPS) is 9.61. The number of thiol groups is 1. The quantitative estimate of drug-likeness (QED) is 0.643. The van der Waals surface area contributed by atoms with Gasteiger partial charge in [-0.25, -0.2) is 0 Å². The fraction of sp³-hybridized carbons (Fsp3) is 0.538. The van der Waals surface area contributed by atoms with Crippen LogP contribution in [0.15, 0.2) is 24.5 Å². The summed E-state index contributed by atoms with van der Waals surface area (Å²) in [4.78, 5) is 6.27. The predicted molar refractivity (Wildman–Crippen MR) is 86.1 cm³/mol. The van der Waals surface area contributed by atoms with E-state index in [1.54, 1.807) is 12.4 Å². The molecular weight excluding hydrogens is 262 g/mol. The summed E-state index contributed by atoms with van der Waals surface area (Å²) in [5.74, 6) is 0. The maximum absolute atomic E-state index is 4.73. The summed E-state index contributed by atoms with van der Waals surface area (Å²) in [6.45, 7) is 10.8. The zero-order chi connectivity index (χ0) is 13.8. The molecule has 1 aromatic heterocycles. The zero-order valence-electron chi connectivity index (χ0n) is 11.4. The summed E-state index contributed by atoms with van der Waals surface area (Å²) in [6.07, 6.45) is 3.50. The smallest absolute Gasteiger partial charge is 0.130 e. The highest BCUT2D eigenvalue weighted by molar-refractivity contribution is 8.11. The van der Waals surface area contributed by atoms with Gasteiger partial charge in [0.25, 0.3) is 0 Å². The highest BCUT2D eigenvalue weighted by atomic mass is 32.1. The number of rotatable bonds is 5. The van der Waals surface area contributed by atoms with Gasteiger partial charge < -0.3 is 10.2 Å². The van der Waals surface area contributed by atoms with Gasteiger partial charge in [0.15, 0.2) is 0 Å². The fourth-order valence-electron chi connectivity index (χ4n) is 1.35. The van der Waals surface area contributed by atoms with E-state index in [9.17, 15) is 0 Å². The molecule has 0 fully saturated rings. The van der Waals surface area contributed by atoms with E-state index >= 15 is 0 Å². The number of hydrogen-bond donors (Lipinski definition) is 2. The zero-order valence-corrected chi connectivity index (χ0v) is 13.1. The lowest BCUT2D eigenvalue weighted by atomic mass is 10.3. The first-order chi connectivity index (χ1) is 8.63. The molecule has 3 nitrogen and oxygen atoms in total. The highest BCUT2D eigenvalue weighted by Gasteiger charge is 1.90. The molecule has 0 radical (unpaired) electrons. The molecule has 1 N–H and O–H groups in total. The van der Waals surface area contributed by atoms with E-state index in [4.69, 9.17) is 12.2 Å². The molecule has 0 saturated carbocycles. The summed E-state index contributed by atoms with van der Waals surface area (Å²) < 4.78 is 0.516. The Labute approximate surface area is 121 Å². The number of aromatic nitrogens is 1. The molecule has 0 spiro atoms. The Hall–Kier alpha value is -0.650. The number of thiocarbonyl (C=S) groups is 1. The Morgan fingerprint density at radius 3 is 2.06 bits per heavy atom. The first-order valence-corrected chi connectivity index (χ1v) is 7.07. The van der Waals surface area contributed by atoms with Crippen molar-refractivity contribution in [2.45, 2.75) is 27.3 Å². The molecule has 1 heterocycles. The summed E-state index contributed by atoms with van der Waals surface area (Å²) in [6, 6.07) is 3.86. The van der Waals surface area contributed by atoms with Crippen LogP contribution in [0.2, 0.25) is 0 Å². The van der Waals surface area contributed by atoms with Crippen molar-refractivity contribution in [3.8, 4) is 0 Å². The van der Waals surface area contributed by atoms with Crippen molar-refractivity contribution >= 4 is 29.2 Å². The van der Waals surface area contributed by atoms with E-state index in [0.717, 1.165) is 5.56 Å². The van der Waals surface area contributed by atoms with Gasteiger partial charge >= 0.3 is 0 Å². The summed E-state index contributed by atoms with van der Waals surface area (Å²) >= 11 is 8.67. The van der Waals surface area contributed by atoms with Crippen LogP contribution in [0.5, 0.6) is 0 Å². The summed E-state index contributed by atoms with van der Waals surface area (Å²) in [7, 11) is 0. The number of nitrogens with one attached hydrogen (secondary N) is 1. The average Bonchev–Trinajstić information content (AvgIpc) is 2.40. The minimum Gasteiger partial charge on any atom is -0.367 e. The molecule has 0 aliphatic carbocycles. The molecule has 0 aliphatic rings. The van der Waals surface area contributed by atoms with Crippen LogP contribution < -0.4 is 5.32 Å². The van der Waals surface area contributed by atoms with Gasteiger partial charge in [-0.3, -0.25) is 4.98 Å². The second-order valence-corrected chi connectivity index (χ2v) is 4.79. The molecule has 5 heteroatoms. The average molecular weight is 285 g/mol. The van der Waals surface area contributed by atoms with Crippen LogP contribution in [-0.2, 0) is 6.54 Å². The molecular formula is C13H23N3S2. The van der Waals surface area contributed by atoms with Crippen LogP contribution >= 0.6 is 24.8 Å². The van der Waals surface area contributed by atoms with Gasteiger partial charge in [0.05, 0.1) is 0 Å². The van der Waals surface area contributed by atoms with Crippen LogP contribution in [0.3, 0.4) is 0 Å². The van der Waals surface area contributed by atoms with Crippen LogP contribution in [0.1, 0.15) is 26.3 Å². The van der Waals surface area contributed by atoms with Gasteiger partial charge in [0.2, 0.25) is 0 Å². The van der Waals surface area contributed by atoms with Crippen LogP contribution in [0, 0.1) is 0 Å². The van der Waals surface area contributed by atoms with Gasteiger partial charge in [-0.15, -0.1) is 12.6 Å². The molecule has 0 aromatic carbocycles. The van der Waals surface area contributed by atoms with Crippen molar-refractivity contribution in [3.05, 3.63) is 30.1 Å². The van der Waals surface area contributed by atoms with Gasteiger partial charge in [0.1, 0.15) is 4.32 Å². The topological polar surface area (TPSA) is 28.2 Å². The molecule has 0 amide bonds. The maximum Gasteiger partial charge on any atom is 0.130 e. The van der Waals surface area contributed by atoms with E-state index in [1.165, 1.54) is 19.6 Å². The molecule has 18 heavy (non-hydrogen) atoms. The van der Waals surface area contributed by atoms with Crippen LogP contribution in [0.4, 0.5) is 0 Å². The van der Waals surface area contributed by atoms with E-state index in [1.807, 2.05) is 12.1 Å². The molecule has 0 saturated heterocycles. The largest absolute Gasteiger partial charge is 0.367 e. The molecule has 0 unspecified atom stereocenters. The third-order valence-corrected chi connectivity index (χ3v) is 2.84. The highest BCUT2D eigenvalue weighted by Crippen LogP contribution is 1.95. The minimum absolute atomic E-state index is 0.516. The second-order valence-electron chi connectivity index (χ2n) is 3.63. The Balaban J connectivity index is 0.000000360. The van der Waals surface area contributed by atoms with E-state index in [-0.39, 0.29) is 0 Å². The second kappa shape index (κ2) is 11.4. The molecule has 102 valence electrons. The third kappa shape index (κ3) is 9.39. The maximum atomic E-state index is 4.73. The standard InChI is InChI=1S/C7H8N2S2.C6H15N/c10-7(11)9-5-6-1-3-8-4-2-6;1-4-7(5-2)6-3/h1-4H,5H2,(H2,9,10,11);4-6H2,1-3H3. The lowest BCUT2D eigenvalue weighted by Gasteiger charge is -2.13. The Morgan fingerprint density at radius 1 is 1.22 bits per heavy atom. The SMILES string of the molecule is CCN(CC)CC.S=C(S)NCc1ccncc1. The van der Waals surface area contributed by atoms with Gasteiger partial charge in [0, 0.05) is 18.9 Å². The Kier molecular flexibility index (Phi) is 11.0. The Morgan fingerprint density at radius 2 is 1.72 bits per heavy atom.